The van der Waals surface area contributed by atoms with Gasteiger partial charge in [-0.1, -0.05) is 12.8 Å². The van der Waals surface area contributed by atoms with Crippen LogP contribution in [0, 0.1) is 6.92 Å². The largest absolute Gasteiger partial charge is 0.363 e. The third kappa shape index (κ3) is 3.75. The Bertz CT molecular complexity index is 565. The number of amides is 1. The van der Waals surface area contributed by atoms with Crippen LogP contribution in [0.15, 0.2) is 6.20 Å². The Morgan fingerprint density at radius 3 is 2.87 bits per heavy atom. The topological polar surface area (TPSA) is 59.4 Å². The van der Waals surface area contributed by atoms with E-state index in [-0.39, 0.29) is 5.91 Å². The number of ether oxygens (including phenoxy) is 1. The molecule has 1 aliphatic heterocycles. The van der Waals surface area contributed by atoms with Gasteiger partial charge in [-0.3, -0.25) is 14.4 Å². The zero-order valence-electron chi connectivity index (χ0n) is 14.5. The highest BCUT2D eigenvalue weighted by molar-refractivity contribution is 5.85. The van der Waals surface area contributed by atoms with E-state index >= 15 is 0 Å². The minimum absolute atomic E-state index is 0.0389. The summed E-state index contributed by atoms with van der Waals surface area (Å²) in [7, 11) is 1.94. The third-order valence-electron chi connectivity index (χ3n) is 5.03. The molecule has 1 unspecified atom stereocenters. The Labute approximate surface area is 138 Å². The Morgan fingerprint density at radius 1 is 1.48 bits per heavy atom. The highest BCUT2D eigenvalue weighted by atomic mass is 16.5. The van der Waals surface area contributed by atoms with Gasteiger partial charge >= 0.3 is 0 Å². The van der Waals surface area contributed by atoms with Crippen molar-refractivity contribution in [1.29, 1.82) is 0 Å². The zero-order chi connectivity index (χ0) is 16.4. The summed E-state index contributed by atoms with van der Waals surface area (Å²) in [5, 5.41) is 7.58. The van der Waals surface area contributed by atoms with Gasteiger partial charge in [0, 0.05) is 44.5 Å². The monoisotopic (exact) mass is 320 g/mol. The van der Waals surface area contributed by atoms with Crippen molar-refractivity contribution >= 4 is 5.91 Å². The van der Waals surface area contributed by atoms with Crippen LogP contribution in [0.5, 0.6) is 0 Å². The first-order valence-electron chi connectivity index (χ1n) is 8.63. The van der Waals surface area contributed by atoms with Gasteiger partial charge in [0.15, 0.2) is 5.60 Å². The highest BCUT2D eigenvalue weighted by Crippen LogP contribution is 2.23. The van der Waals surface area contributed by atoms with E-state index < -0.39 is 5.60 Å². The van der Waals surface area contributed by atoms with Crippen LogP contribution in [-0.2, 0) is 23.1 Å². The summed E-state index contributed by atoms with van der Waals surface area (Å²) >= 11 is 0. The maximum atomic E-state index is 12.7. The molecule has 23 heavy (non-hydrogen) atoms. The average Bonchev–Trinajstić information content (AvgIpc) is 3.09. The number of hydrogen-bond acceptors (Lipinski definition) is 4. The molecule has 6 nitrogen and oxygen atoms in total. The van der Waals surface area contributed by atoms with E-state index in [1.54, 1.807) is 0 Å². The van der Waals surface area contributed by atoms with Crippen LogP contribution in [-0.4, -0.2) is 51.9 Å². The number of carbonyl (C=O) groups is 1. The predicted molar refractivity (Wildman–Crippen MR) is 88.0 cm³/mol. The molecule has 128 valence electrons. The van der Waals surface area contributed by atoms with Crippen molar-refractivity contribution in [1.82, 2.24) is 20.0 Å². The van der Waals surface area contributed by atoms with E-state index in [0.29, 0.717) is 19.2 Å². The van der Waals surface area contributed by atoms with Crippen LogP contribution in [0.25, 0.3) is 0 Å². The van der Waals surface area contributed by atoms with Gasteiger partial charge in [0.05, 0.1) is 12.3 Å². The molecule has 1 saturated carbocycles. The molecule has 2 aliphatic rings. The maximum absolute atomic E-state index is 12.7. The van der Waals surface area contributed by atoms with E-state index in [4.69, 9.17) is 4.74 Å². The van der Waals surface area contributed by atoms with Gasteiger partial charge in [-0.25, -0.2) is 0 Å². The first-order valence-corrected chi connectivity index (χ1v) is 8.63. The van der Waals surface area contributed by atoms with E-state index in [1.807, 2.05) is 25.6 Å². The number of morpholine rings is 1. The molecule has 1 saturated heterocycles. The number of rotatable bonds is 4. The second-order valence-corrected chi connectivity index (χ2v) is 7.16. The number of carbonyl (C=O) groups excluding carboxylic acids is 1. The minimum Gasteiger partial charge on any atom is -0.363 e. The highest BCUT2D eigenvalue weighted by Gasteiger charge is 2.40. The molecule has 0 aromatic carbocycles. The molecule has 1 aliphatic carbocycles. The molecule has 2 fully saturated rings. The summed E-state index contributed by atoms with van der Waals surface area (Å²) < 4.78 is 7.71. The normalized spacial score (nSPS) is 26.6. The van der Waals surface area contributed by atoms with Crippen molar-refractivity contribution in [2.24, 2.45) is 7.05 Å². The molecule has 1 aromatic heterocycles. The van der Waals surface area contributed by atoms with Gasteiger partial charge in [0.2, 0.25) is 0 Å². The number of nitrogens with zero attached hydrogens (tertiary/aromatic N) is 3. The van der Waals surface area contributed by atoms with Crippen LogP contribution in [0.1, 0.15) is 43.9 Å². The predicted octanol–water partition coefficient (Wildman–Crippen LogP) is 1.38. The zero-order valence-corrected chi connectivity index (χ0v) is 14.5. The molecule has 6 heteroatoms. The number of nitrogens with one attached hydrogen (secondary N) is 1. The van der Waals surface area contributed by atoms with Crippen LogP contribution < -0.4 is 5.32 Å². The fourth-order valence-electron chi connectivity index (χ4n) is 3.68. The van der Waals surface area contributed by atoms with E-state index in [0.717, 1.165) is 31.6 Å². The van der Waals surface area contributed by atoms with Crippen molar-refractivity contribution in [3.05, 3.63) is 17.5 Å². The third-order valence-corrected chi connectivity index (χ3v) is 5.03. The SMILES string of the molecule is Cc1nn(C)cc1CN1CCOC(C)(C(=O)NC2CCCC2)C1. The number of aromatic nitrogens is 2. The lowest BCUT2D eigenvalue weighted by atomic mass is 10.0. The molecule has 1 N–H and O–H groups in total. The molecular formula is C17H28N4O2. The van der Waals surface area contributed by atoms with Crippen molar-refractivity contribution in [3.8, 4) is 0 Å². The lowest BCUT2D eigenvalue weighted by molar-refractivity contribution is -0.157. The lowest BCUT2D eigenvalue weighted by Gasteiger charge is -2.39. The molecular weight excluding hydrogens is 292 g/mol. The molecule has 1 amide bonds. The first kappa shape index (κ1) is 16.5. The first-order chi connectivity index (χ1) is 11.0. The summed E-state index contributed by atoms with van der Waals surface area (Å²) in [6, 6.07) is 0.332. The van der Waals surface area contributed by atoms with E-state index in [1.165, 1.54) is 18.4 Å². The molecule has 3 rings (SSSR count). The summed E-state index contributed by atoms with van der Waals surface area (Å²) in [4.78, 5) is 15.0. The molecule has 1 aromatic rings. The Hall–Kier alpha value is -1.40. The summed E-state index contributed by atoms with van der Waals surface area (Å²) in [6.45, 7) is 6.82. The van der Waals surface area contributed by atoms with Crippen LogP contribution in [0.4, 0.5) is 0 Å². The second-order valence-electron chi connectivity index (χ2n) is 7.16. The van der Waals surface area contributed by atoms with Crippen LogP contribution in [0.3, 0.4) is 0 Å². The standard InChI is InChI=1S/C17H28N4O2/c1-13-14(10-20(3)19-13)11-21-8-9-23-17(2,12-21)16(22)18-15-6-4-5-7-15/h10,15H,4-9,11-12H2,1-3H3,(H,18,22). The van der Waals surface area contributed by atoms with Crippen molar-refractivity contribution in [2.45, 2.75) is 57.7 Å². The maximum Gasteiger partial charge on any atom is 0.253 e. The average molecular weight is 320 g/mol. The van der Waals surface area contributed by atoms with Gasteiger partial charge in [0.1, 0.15) is 0 Å². The van der Waals surface area contributed by atoms with Crippen molar-refractivity contribution in [3.63, 3.8) is 0 Å². The van der Waals surface area contributed by atoms with Crippen LogP contribution >= 0.6 is 0 Å². The fourth-order valence-corrected chi connectivity index (χ4v) is 3.68. The lowest BCUT2D eigenvalue weighted by Crippen LogP contribution is -2.59. The number of aryl methyl sites for hydroxylation is 2. The Morgan fingerprint density at radius 2 is 2.22 bits per heavy atom. The molecule has 2 heterocycles. The van der Waals surface area contributed by atoms with Gasteiger partial charge < -0.3 is 10.1 Å². The van der Waals surface area contributed by atoms with Gasteiger partial charge in [0.25, 0.3) is 5.91 Å². The quantitative estimate of drug-likeness (QED) is 0.910. The van der Waals surface area contributed by atoms with Gasteiger partial charge in [-0.2, -0.15) is 5.10 Å². The van der Waals surface area contributed by atoms with E-state index in [2.05, 4.69) is 21.5 Å². The second kappa shape index (κ2) is 6.61. The number of hydrogen-bond donors (Lipinski definition) is 1. The molecule has 0 spiro atoms. The fraction of sp³-hybridized carbons (Fsp3) is 0.765. The smallest absolute Gasteiger partial charge is 0.253 e. The van der Waals surface area contributed by atoms with Crippen molar-refractivity contribution in [2.75, 3.05) is 19.7 Å². The minimum atomic E-state index is -0.753. The van der Waals surface area contributed by atoms with E-state index in [9.17, 15) is 4.79 Å². The Kier molecular flexibility index (Phi) is 4.73. The van der Waals surface area contributed by atoms with Crippen LogP contribution in [0.2, 0.25) is 0 Å². The van der Waals surface area contributed by atoms with Gasteiger partial charge in [-0.05, 0) is 26.7 Å². The molecule has 1 atom stereocenters. The summed E-state index contributed by atoms with van der Waals surface area (Å²) in [6.07, 6.45) is 6.69. The Balaban J connectivity index is 1.62. The van der Waals surface area contributed by atoms with Crippen molar-refractivity contribution < 1.29 is 9.53 Å². The summed E-state index contributed by atoms with van der Waals surface area (Å²) in [5.41, 5.74) is 1.51. The van der Waals surface area contributed by atoms with Gasteiger partial charge in [-0.15, -0.1) is 0 Å². The molecule has 0 bridgehead atoms. The summed E-state index contributed by atoms with van der Waals surface area (Å²) in [5.74, 6) is 0.0389. The molecule has 0 radical (unpaired) electrons.